The summed E-state index contributed by atoms with van der Waals surface area (Å²) in [5.41, 5.74) is -0.641. The summed E-state index contributed by atoms with van der Waals surface area (Å²) in [6.07, 6.45) is 5.12. The van der Waals surface area contributed by atoms with Crippen molar-refractivity contribution in [2.45, 2.75) is 58.7 Å². The maximum atomic E-state index is 14.7. The lowest BCUT2D eigenvalue weighted by Crippen LogP contribution is -2.41. The summed E-state index contributed by atoms with van der Waals surface area (Å²) >= 11 is 0. The third kappa shape index (κ3) is 3.49. The van der Waals surface area contributed by atoms with Gasteiger partial charge >= 0.3 is 7.12 Å². The SMILES string of the molecule is Cc1ccnc(OCC2(C=C(F)B3OC(C)(C)C(C)(C)O3)CC2)c1. The van der Waals surface area contributed by atoms with Crippen LogP contribution in [-0.2, 0) is 9.31 Å². The first-order valence-corrected chi connectivity index (χ1v) is 8.42. The van der Waals surface area contributed by atoms with E-state index in [0.29, 0.717) is 12.5 Å². The van der Waals surface area contributed by atoms with Gasteiger partial charge in [-0.15, -0.1) is 0 Å². The molecule has 0 N–H and O–H groups in total. The van der Waals surface area contributed by atoms with Crippen LogP contribution in [0.4, 0.5) is 4.39 Å². The quantitative estimate of drug-likeness (QED) is 0.763. The van der Waals surface area contributed by atoms with Crippen LogP contribution in [0.5, 0.6) is 5.88 Å². The van der Waals surface area contributed by atoms with Crippen LogP contribution in [0.25, 0.3) is 0 Å². The molecule has 2 aliphatic rings. The van der Waals surface area contributed by atoms with Gasteiger partial charge in [-0.1, -0.05) is 0 Å². The van der Waals surface area contributed by atoms with Gasteiger partial charge in [0.1, 0.15) is 5.73 Å². The fraction of sp³-hybridized carbons (Fsp3) is 0.611. The van der Waals surface area contributed by atoms with E-state index in [9.17, 15) is 4.39 Å². The second-order valence-corrected chi connectivity index (χ2v) is 7.94. The van der Waals surface area contributed by atoms with E-state index in [-0.39, 0.29) is 11.1 Å². The number of hydrogen-bond acceptors (Lipinski definition) is 4. The Bertz CT molecular complexity index is 639. The lowest BCUT2D eigenvalue weighted by Gasteiger charge is -2.32. The maximum absolute atomic E-state index is 14.7. The minimum absolute atomic E-state index is 0.279. The van der Waals surface area contributed by atoms with Crippen LogP contribution in [-0.4, -0.2) is 29.9 Å². The Morgan fingerprint density at radius 3 is 2.46 bits per heavy atom. The van der Waals surface area contributed by atoms with Crippen molar-refractivity contribution in [1.82, 2.24) is 4.98 Å². The molecule has 0 radical (unpaired) electrons. The highest BCUT2D eigenvalue weighted by Crippen LogP contribution is 2.49. The van der Waals surface area contributed by atoms with Crippen LogP contribution < -0.4 is 4.74 Å². The molecule has 130 valence electrons. The zero-order valence-electron chi connectivity index (χ0n) is 15.1. The molecule has 2 fully saturated rings. The molecular weight excluding hydrogens is 308 g/mol. The van der Waals surface area contributed by atoms with Gasteiger partial charge in [0.15, 0.2) is 0 Å². The van der Waals surface area contributed by atoms with Gasteiger partial charge in [-0.25, -0.2) is 9.37 Å². The molecule has 1 saturated carbocycles. The molecule has 0 spiro atoms. The van der Waals surface area contributed by atoms with E-state index in [1.54, 1.807) is 12.3 Å². The van der Waals surface area contributed by atoms with Crippen molar-refractivity contribution in [2.24, 2.45) is 5.41 Å². The normalized spacial score (nSPS) is 24.1. The molecule has 6 heteroatoms. The number of aryl methyl sites for hydroxylation is 1. The summed E-state index contributed by atoms with van der Waals surface area (Å²) in [5.74, 6) is 0.575. The smallest absolute Gasteiger partial charge is 0.477 e. The number of aromatic nitrogens is 1. The Morgan fingerprint density at radius 1 is 1.29 bits per heavy atom. The van der Waals surface area contributed by atoms with Gasteiger partial charge in [-0.3, -0.25) is 0 Å². The van der Waals surface area contributed by atoms with Crippen molar-refractivity contribution >= 4 is 7.12 Å². The van der Waals surface area contributed by atoms with Crippen molar-refractivity contribution < 1.29 is 18.4 Å². The number of ether oxygens (including phenoxy) is 1. The van der Waals surface area contributed by atoms with Gasteiger partial charge in [0, 0.05) is 17.7 Å². The maximum Gasteiger partial charge on any atom is 0.524 e. The van der Waals surface area contributed by atoms with Gasteiger partial charge in [-0.2, -0.15) is 0 Å². The molecule has 1 aromatic rings. The van der Waals surface area contributed by atoms with Gasteiger partial charge in [0.05, 0.1) is 17.8 Å². The van der Waals surface area contributed by atoms with E-state index in [1.807, 2.05) is 46.8 Å². The first kappa shape index (κ1) is 17.4. The molecule has 0 amide bonds. The minimum Gasteiger partial charge on any atom is -0.477 e. The van der Waals surface area contributed by atoms with Crippen molar-refractivity contribution in [2.75, 3.05) is 6.61 Å². The minimum atomic E-state index is -0.940. The van der Waals surface area contributed by atoms with Crippen molar-refractivity contribution in [3.05, 3.63) is 35.7 Å². The fourth-order valence-electron chi connectivity index (χ4n) is 2.61. The predicted molar refractivity (Wildman–Crippen MR) is 91.4 cm³/mol. The predicted octanol–water partition coefficient (Wildman–Crippen LogP) is 4.03. The zero-order valence-corrected chi connectivity index (χ0v) is 15.1. The Morgan fingerprint density at radius 2 is 1.92 bits per heavy atom. The number of hydrogen-bond donors (Lipinski definition) is 0. The van der Waals surface area contributed by atoms with E-state index >= 15 is 0 Å². The summed E-state index contributed by atoms with van der Waals surface area (Å²) in [6.45, 7) is 10.1. The molecule has 1 aliphatic heterocycles. The van der Waals surface area contributed by atoms with Crippen molar-refractivity contribution in [1.29, 1.82) is 0 Å². The van der Waals surface area contributed by atoms with Gasteiger partial charge in [0.25, 0.3) is 0 Å². The van der Waals surface area contributed by atoms with Crippen molar-refractivity contribution in [3.8, 4) is 5.88 Å². The summed E-state index contributed by atoms with van der Waals surface area (Å²) in [7, 11) is -0.940. The number of nitrogens with zero attached hydrogens (tertiary/aromatic N) is 1. The largest absolute Gasteiger partial charge is 0.524 e. The topological polar surface area (TPSA) is 40.6 Å². The van der Waals surface area contributed by atoms with Crippen LogP contribution in [0.2, 0.25) is 0 Å². The van der Waals surface area contributed by atoms with Crippen LogP contribution in [0.15, 0.2) is 30.1 Å². The molecule has 1 saturated heterocycles. The monoisotopic (exact) mass is 333 g/mol. The first-order valence-electron chi connectivity index (χ1n) is 8.42. The van der Waals surface area contributed by atoms with E-state index in [1.165, 1.54) is 0 Å². The van der Waals surface area contributed by atoms with Gasteiger partial charge < -0.3 is 14.0 Å². The molecule has 1 aliphatic carbocycles. The van der Waals surface area contributed by atoms with Crippen LogP contribution in [0.1, 0.15) is 46.1 Å². The molecule has 0 atom stereocenters. The third-order valence-corrected chi connectivity index (χ3v) is 5.21. The average Bonchev–Trinajstić information content (AvgIpc) is 3.19. The molecule has 24 heavy (non-hydrogen) atoms. The second-order valence-electron chi connectivity index (χ2n) is 7.94. The fourth-order valence-corrected chi connectivity index (χ4v) is 2.61. The van der Waals surface area contributed by atoms with E-state index < -0.39 is 18.3 Å². The Labute approximate surface area is 143 Å². The van der Waals surface area contributed by atoms with Crippen LogP contribution in [0, 0.1) is 12.3 Å². The molecule has 0 aromatic carbocycles. The number of rotatable bonds is 5. The Hall–Kier alpha value is -1.40. The summed E-state index contributed by atoms with van der Waals surface area (Å²) in [6, 6.07) is 3.79. The molecule has 1 aromatic heterocycles. The van der Waals surface area contributed by atoms with Gasteiger partial charge in [-0.05, 0) is 65.2 Å². The van der Waals surface area contributed by atoms with E-state index in [4.69, 9.17) is 14.0 Å². The average molecular weight is 333 g/mol. The van der Waals surface area contributed by atoms with E-state index in [0.717, 1.165) is 18.4 Å². The van der Waals surface area contributed by atoms with Crippen molar-refractivity contribution in [3.63, 3.8) is 0 Å². The third-order valence-electron chi connectivity index (χ3n) is 5.21. The first-order chi connectivity index (χ1) is 11.1. The molecule has 0 bridgehead atoms. The Balaban J connectivity index is 1.65. The lowest BCUT2D eigenvalue weighted by molar-refractivity contribution is 0.00578. The summed E-state index contributed by atoms with van der Waals surface area (Å²) in [4.78, 5) is 4.18. The molecular formula is C18H25BFNO3. The highest BCUT2D eigenvalue weighted by atomic mass is 19.1. The highest BCUT2D eigenvalue weighted by molar-refractivity contribution is 6.53. The van der Waals surface area contributed by atoms with Crippen LogP contribution in [0.3, 0.4) is 0 Å². The summed E-state index contributed by atoms with van der Waals surface area (Å²) < 4.78 is 31.9. The summed E-state index contributed by atoms with van der Waals surface area (Å²) in [5, 5.41) is 0. The van der Waals surface area contributed by atoms with E-state index in [2.05, 4.69) is 4.98 Å². The second kappa shape index (κ2) is 5.85. The standard InChI is InChI=1S/C18H25BFNO3/c1-13-6-9-21-15(10-13)22-12-18(7-8-18)11-14(20)19-23-16(2,3)17(4,5)24-19/h6,9-11H,7-8,12H2,1-5H3. The highest BCUT2D eigenvalue weighted by Gasteiger charge is 2.54. The van der Waals surface area contributed by atoms with Crippen LogP contribution >= 0.6 is 0 Å². The number of halogens is 1. The Kier molecular flexibility index (Phi) is 4.25. The molecule has 2 heterocycles. The molecule has 0 unspecified atom stereocenters. The molecule has 4 nitrogen and oxygen atoms in total. The number of pyridine rings is 1. The molecule has 3 rings (SSSR count). The lowest BCUT2D eigenvalue weighted by atomic mass is 9.85. The zero-order chi connectivity index (χ0) is 17.6. The van der Waals surface area contributed by atoms with Gasteiger partial charge in [0.2, 0.25) is 5.88 Å².